The first-order valence-corrected chi connectivity index (χ1v) is 9.96. The summed E-state index contributed by atoms with van der Waals surface area (Å²) in [4.78, 5) is 28.4. The molecule has 0 unspecified atom stereocenters. The molecule has 0 aliphatic heterocycles. The zero-order chi connectivity index (χ0) is 18.7. The Morgan fingerprint density at radius 2 is 2.00 bits per heavy atom. The van der Waals surface area contributed by atoms with Crippen molar-refractivity contribution in [2.24, 2.45) is 0 Å². The number of anilines is 1. The summed E-state index contributed by atoms with van der Waals surface area (Å²) < 4.78 is 1.76. The highest BCUT2D eigenvalue weighted by atomic mass is 35.5. The van der Waals surface area contributed by atoms with Crippen molar-refractivity contribution in [2.75, 3.05) is 11.1 Å². The molecule has 0 spiro atoms. The summed E-state index contributed by atoms with van der Waals surface area (Å²) in [6.07, 6.45) is 0. The van der Waals surface area contributed by atoms with Crippen LogP contribution in [0.4, 0.5) is 10.5 Å². The minimum absolute atomic E-state index is 0.105. The standard InChI is InChI=1S/C18H16ClN3O2S2/c1-10-3-5-13(11(2)7-10)20-17(24)22-16(23)9-25-18-21-14-8-12(19)4-6-15(14)26-18/h3-8H,9H2,1-2H3,(H2,20,22,23,24). The monoisotopic (exact) mass is 405 g/mol. The number of carbonyl (C=O) groups excluding carboxylic acids is 2. The van der Waals surface area contributed by atoms with Gasteiger partial charge in [0.1, 0.15) is 0 Å². The molecule has 0 saturated carbocycles. The number of halogens is 1. The maximum absolute atomic E-state index is 12.0. The molecule has 0 atom stereocenters. The molecule has 1 aromatic heterocycles. The molecule has 1 heterocycles. The van der Waals surface area contributed by atoms with E-state index in [0.29, 0.717) is 10.7 Å². The summed E-state index contributed by atoms with van der Waals surface area (Å²) in [5.41, 5.74) is 3.53. The van der Waals surface area contributed by atoms with Crippen molar-refractivity contribution in [1.29, 1.82) is 0 Å². The summed E-state index contributed by atoms with van der Waals surface area (Å²) >= 11 is 8.72. The number of imide groups is 1. The van der Waals surface area contributed by atoms with Gasteiger partial charge in [-0.2, -0.15) is 0 Å². The quantitative estimate of drug-likeness (QED) is 0.598. The summed E-state index contributed by atoms with van der Waals surface area (Å²) in [5.74, 6) is -0.275. The molecule has 0 aliphatic carbocycles. The van der Waals surface area contributed by atoms with E-state index in [9.17, 15) is 9.59 Å². The summed E-state index contributed by atoms with van der Waals surface area (Å²) in [6, 6.07) is 10.6. The predicted octanol–water partition coefficient (Wildman–Crippen LogP) is 5.01. The van der Waals surface area contributed by atoms with Crippen LogP contribution in [0.1, 0.15) is 11.1 Å². The Morgan fingerprint density at radius 1 is 1.19 bits per heavy atom. The van der Waals surface area contributed by atoms with E-state index in [-0.39, 0.29) is 11.7 Å². The average molecular weight is 406 g/mol. The first-order valence-electron chi connectivity index (χ1n) is 7.78. The number of urea groups is 1. The highest BCUT2D eigenvalue weighted by Crippen LogP contribution is 2.30. The number of aryl methyl sites for hydroxylation is 2. The zero-order valence-electron chi connectivity index (χ0n) is 14.1. The number of rotatable bonds is 4. The number of aromatic nitrogens is 1. The van der Waals surface area contributed by atoms with Crippen LogP contribution in [0.15, 0.2) is 40.7 Å². The third kappa shape index (κ3) is 4.75. The fraction of sp³-hybridized carbons (Fsp3) is 0.167. The maximum Gasteiger partial charge on any atom is 0.325 e. The van der Waals surface area contributed by atoms with Gasteiger partial charge in [0.25, 0.3) is 0 Å². The van der Waals surface area contributed by atoms with E-state index >= 15 is 0 Å². The zero-order valence-corrected chi connectivity index (χ0v) is 16.5. The first-order chi connectivity index (χ1) is 12.4. The van der Waals surface area contributed by atoms with Crippen molar-refractivity contribution in [2.45, 2.75) is 18.2 Å². The number of thiazole rings is 1. The lowest BCUT2D eigenvalue weighted by Crippen LogP contribution is -2.35. The largest absolute Gasteiger partial charge is 0.325 e. The lowest BCUT2D eigenvalue weighted by atomic mass is 10.1. The van der Waals surface area contributed by atoms with Gasteiger partial charge in [-0.05, 0) is 43.7 Å². The number of nitrogens with zero attached hydrogens (tertiary/aromatic N) is 1. The summed E-state index contributed by atoms with van der Waals surface area (Å²) in [6.45, 7) is 3.88. The van der Waals surface area contributed by atoms with E-state index in [0.717, 1.165) is 25.7 Å². The Balaban J connectivity index is 1.53. The van der Waals surface area contributed by atoms with Crippen molar-refractivity contribution in [1.82, 2.24) is 10.3 Å². The van der Waals surface area contributed by atoms with Gasteiger partial charge in [0.2, 0.25) is 5.91 Å². The SMILES string of the molecule is Cc1ccc(NC(=O)NC(=O)CSc2nc3cc(Cl)ccc3s2)c(C)c1. The molecule has 26 heavy (non-hydrogen) atoms. The van der Waals surface area contributed by atoms with Crippen LogP contribution in [0.3, 0.4) is 0 Å². The fourth-order valence-corrected chi connectivity index (χ4v) is 4.35. The van der Waals surface area contributed by atoms with Crippen LogP contribution in [0.25, 0.3) is 10.2 Å². The number of thioether (sulfide) groups is 1. The number of carbonyl (C=O) groups is 2. The van der Waals surface area contributed by atoms with Crippen LogP contribution >= 0.6 is 34.7 Å². The molecular weight excluding hydrogens is 390 g/mol. The molecule has 3 amide bonds. The molecule has 0 bridgehead atoms. The van der Waals surface area contributed by atoms with Gasteiger partial charge in [0.15, 0.2) is 4.34 Å². The van der Waals surface area contributed by atoms with Crippen molar-refractivity contribution in [3.05, 3.63) is 52.5 Å². The number of benzene rings is 2. The van der Waals surface area contributed by atoms with Gasteiger partial charge in [-0.1, -0.05) is 41.1 Å². The third-order valence-corrected chi connectivity index (χ3v) is 5.95. The number of fused-ring (bicyclic) bond motifs is 1. The second kappa shape index (κ2) is 8.07. The van der Waals surface area contributed by atoms with Gasteiger partial charge in [-0.3, -0.25) is 10.1 Å². The van der Waals surface area contributed by atoms with Crippen LogP contribution in [-0.2, 0) is 4.79 Å². The van der Waals surface area contributed by atoms with Gasteiger partial charge >= 0.3 is 6.03 Å². The van der Waals surface area contributed by atoms with Crippen LogP contribution in [-0.4, -0.2) is 22.7 Å². The molecule has 134 valence electrons. The fourth-order valence-electron chi connectivity index (χ4n) is 2.34. The maximum atomic E-state index is 12.0. The molecule has 0 saturated heterocycles. The van der Waals surface area contributed by atoms with Gasteiger partial charge in [0, 0.05) is 10.7 Å². The molecule has 2 aromatic carbocycles. The molecule has 0 radical (unpaired) electrons. The van der Waals surface area contributed by atoms with E-state index in [1.807, 2.05) is 38.1 Å². The van der Waals surface area contributed by atoms with Crippen molar-refractivity contribution >= 4 is 62.5 Å². The second-order valence-electron chi connectivity index (χ2n) is 5.70. The Kier molecular flexibility index (Phi) is 5.80. The van der Waals surface area contributed by atoms with Crippen molar-refractivity contribution in [3.63, 3.8) is 0 Å². The van der Waals surface area contributed by atoms with Gasteiger partial charge < -0.3 is 5.32 Å². The molecule has 0 aliphatic rings. The Hall–Kier alpha value is -2.09. The van der Waals surface area contributed by atoms with E-state index < -0.39 is 6.03 Å². The molecule has 8 heteroatoms. The van der Waals surface area contributed by atoms with Crippen molar-refractivity contribution < 1.29 is 9.59 Å². The molecule has 5 nitrogen and oxygen atoms in total. The summed E-state index contributed by atoms with van der Waals surface area (Å²) in [7, 11) is 0. The first kappa shape index (κ1) is 18.7. The lowest BCUT2D eigenvalue weighted by Gasteiger charge is -2.09. The van der Waals surface area contributed by atoms with Crippen LogP contribution in [0, 0.1) is 13.8 Å². The molecule has 0 fully saturated rings. The molecule has 3 aromatic rings. The van der Waals surface area contributed by atoms with E-state index in [1.54, 1.807) is 12.1 Å². The van der Waals surface area contributed by atoms with Crippen LogP contribution in [0.5, 0.6) is 0 Å². The Bertz CT molecular complexity index is 988. The number of nitrogens with one attached hydrogen (secondary N) is 2. The van der Waals surface area contributed by atoms with Crippen LogP contribution < -0.4 is 10.6 Å². The van der Waals surface area contributed by atoms with Crippen molar-refractivity contribution in [3.8, 4) is 0 Å². The highest BCUT2D eigenvalue weighted by molar-refractivity contribution is 8.01. The number of hydrogen-bond acceptors (Lipinski definition) is 5. The summed E-state index contributed by atoms with van der Waals surface area (Å²) in [5, 5.41) is 5.64. The Labute approximate surface area is 164 Å². The Morgan fingerprint density at radius 3 is 2.77 bits per heavy atom. The van der Waals surface area contributed by atoms with E-state index in [2.05, 4.69) is 15.6 Å². The minimum Gasteiger partial charge on any atom is -0.307 e. The predicted molar refractivity (Wildman–Crippen MR) is 108 cm³/mol. The van der Waals surface area contributed by atoms with Crippen LogP contribution in [0.2, 0.25) is 5.02 Å². The molecule has 2 N–H and O–H groups in total. The van der Waals surface area contributed by atoms with Gasteiger partial charge in [-0.15, -0.1) is 11.3 Å². The second-order valence-corrected chi connectivity index (χ2v) is 8.39. The smallest absolute Gasteiger partial charge is 0.307 e. The normalized spacial score (nSPS) is 10.7. The molecular formula is C18H16ClN3O2S2. The third-order valence-electron chi connectivity index (χ3n) is 3.54. The average Bonchev–Trinajstić information content (AvgIpc) is 2.97. The lowest BCUT2D eigenvalue weighted by molar-refractivity contribution is -0.117. The van der Waals surface area contributed by atoms with E-state index in [4.69, 9.17) is 11.6 Å². The minimum atomic E-state index is -0.543. The topological polar surface area (TPSA) is 71.1 Å². The van der Waals surface area contributed by atoms with Gasteiger partial charge in [-0.25, -0.2) is 9.78 Å². The number of amides is 3. The number of hydrogen-bond donors (Lipinski definition) is 2. The van der Waals surface area contributed by atoms with Gasteiger partial charge in [0.05, 0.1) is 16.0 Å². The highest BCUT2D eigenvalue weighted by Gasteiger charge is 2.12. The van der Waals surface area contributed by atoms with E-state index in [1.165, 1.54) is 23.1 Å². The molecule has 3 rings (SSSR count).